The van der Waals surface area contributed by atoms with Crippen molar-refractivity contribution in [1.82, 2.24) is 10.2 Å². The van der Waals surface area contributed by atoms with Crippen LogP contribution in [0.25, 0.3) is 11.3 Å². The summed E-state index contributed by atoms with van der Waals surface area (Å²) in [5, 5.41) is 8.99. The Labute approximate surface area is 244 Å². The van der Waals surface area contributed by atoms with Gasteiger partial charge >= 0.3 is 6.18 Å². The average Bonchev–Trinajstić information content (AvgIpc) is 3.47. The van der Waals surface area contributed by atoms with Crippen LogP contribution in [-0.2, 0) is 12.1 Å². The molecule has 0 saturated carbocycles. The molecule has 41 heavy (non-hydrogen) atoms. The van der Waals surface area contributed by atoms with Gasteiger partial charge in [0.1, 0.15) is 0 Å². The first-order valence-corrected chi connectivity index (χ1v) is 13.9. The molecule has 212 valence electrons. The van der Waals surface area contributed by atoms with Crippen molar-refractivity contribution in [3.05, 3.63) is 99.7 Å². The molecule has 6 nitrogen and oxygen atoms in total. The Morgan fingerprint density at radius 3 is 2.49 bits per heavy atom. The number of hydrogen-bond donors (Lipinski definition) is 2. The summed E-state index contributed by atoms with van der Waals surface area (Å²) in [5.41, 5.74) is 1.61. The zero-order valence-corrected chi connectivity index (χ0v) is 23.2. The lowest BCUT2D eigenvalue weighted by atomic mass is 9.97. The van der Waals surface area contributed by atoms with Crippen LogP contribution in [0, 0.1) is 0 Å². The fourth-order valence-corrected chi connectivity index (χ4v) is 5.28. The Balaban J connectivity index is 1.55. The average molecular weight is 601 g/mol. The molecule has 5 rings (SSSR count). The second-order valence-corrected chi connectivity index (χ2v) is 10.4. The van der Waals surface area contributed by atoms with E-state index in [0.29, 0.717) is 5.56 Å². The molecule has 0 atom stereocenters. The van der Waals surface area contributed by atoms with Gasteiger partial charge in [0.05, 0.1) is 33.7 Å². The van der Waals surface area contributed by atoms with Crippen LogP contribution in [0.1, 0.15) is 56.7 Å². The molecule has 1 aromatic heterocycles. The van der Waals surface area contributed by atoms with Crippen LogP contribution in [0.4, 0.5) is 24.5 Å². The summed E-state index contributed by atoms with van der Waals surface area (Å²) in [6, 6.07) is 15.4. The molecule has 11 heteroatoms. The summed E-state index contributed by atoms with van der Waals surface area (Å²) in [6.07, 6.45) is -0.260. The minimum atomic E-state index is -4.68. The normalized spacial score (nSPS) is 13.7. The molecule has 4 aromatic rings. The third-order valence-electron chi connectivity index (χ3n) is 7.01. The standard InChI is InChI=1S/C30H25Cl2F3N4O2/c31-16-18-5-4-6-20(13-18)29(41)37-26-10-8-21(39-11-2-1-3-12-39)15-22(26)28(40)23-17-36-38-27(23)19-7-9-25(32)24(14-19)30(33,34)35/h4-10,13-15,17H,1-3,11-12,16H2,(H,36,38)(H,37,41). The summed E-state index contributed by atoms with van der Waals surface area (Å²) < 4.78 is 40.6. The SMILES string of the molecule is O=C(Nc1ccc(N2CCCCC2)cc1C(=O)c1cn[nH]c1-c1ccc(Cl)c(C(F)(F)F)c1)c1cccc(CCl)c1. The Morgan fingerprint density at radius 1 is 0.976 bits per heavy atom. The molecule has 1 aliphatic heterocycles. The van der Waals surface area contributed by atoms with Crippen LogP contribution < -0.4 is 10.2 Å². The summed E-state index contributed by atoms with van der Waals surface area (Å²) in [6.45, 7) is 1.65. The fraction of sp³-hybridized carbons (Fsp3) is 0.233. The van der Waals surface area contributed by atoms with Crippen molar-refractivity contribution in [2.75, 3.05) is 23.3 Å². The van der Waals surface area contributed by atoms with Crippen molar-refractivity contribution in [3.63, 3.8) is 0 Å². The number of anilines is 2. The van der Waals surface area contributed by atoms with Crippen molar-refractivity contribution in [1.29, 1.82) is 0 Å². The van der Waals surface area contributed by atoms with E-state index < -0.39 is 28.5 Å². The largest absolute Gasteiger partial charge is 0.417 e. The fourth-order valence-electron chi connectivity index (χ4n) is 4.89. The van der Waals surface area contributed by atoms with Crippen LogP contribution >= 0.6 is 23.2 Å². The molecule has 1 fully saturated rings. The van der Waals surface area contributed by atoms with Gasteiger partial charge in [0.25, 0.3) is 5.91 Å². The van der Waals surface area contributed by atoms with Crippen molar-refractivity contribution in [2.45, 2.75) is 31.3 Å². The molecule has 0 bridgehead atoms. The first-order valence-electron chi connectivity index (χ1n) is 13.0. The van der Waals surface area contributed by atoms with Gasteiger partial charge in [-0.05, 0) is 67.3 Å². The Bertz CT molecular complexity index is 1600. The minimum absolute atomic E-state index is 0.0517. The number of ketones is 1. The number of carbonyl (C=O) groups excluding carboxylic acids is 2. The van der Waals surface area contributed by atoms with E-state index in [1.807, 2.05) is 6.07 Å². The molecule has 0 spiro atoms. The molecule has 0 unspecified atom stereocenters. The first-order chi connectivity index (χ1) is 19.7. The van der Waals surface area contributed by atoms with Gasteiger partial charge in [0.15, 0.2) is 5.78 Å². The van der Waals surface area contributed by atoms with E-state index in [-0.39, 0.29) is 34.0 Å². The number of nitrogens with one attached hydrogen (secondary N) is 2. The van der Waals surface area contributed by atoms with E-state index in [9.17, 15) is 22.8 Å². The number of aromatic amines is 1. The highest BCUT2D eigenvalue weighted by Gasteiger charge is 2.34. The molecule has 3 aromatic carbocycles. The Hall–Kier alpha value is -3.82. The highest BCUT2D eigenvalue weighted by molar-refractivity contribution is 6.31. The van der Waals surface area contributed by atoms with Crippen molar-refractivity contribution >= 4 is 46.3 Å². The summed E-state index contributed by atoms with van der Waals surface area (Å²) in [7, 11) is 0. The zero-order chi connectivity index (χ0) is 29.1. The van der Waals surface area contributed by atoms with Gasteiger partial charge in [0, 0.05) is 41.3 Å². The lowest BCUT2D eigenvalue weighted by Gasteiger charge is -2.29. The van der Waals surface area contributed by atoms with Gasteiger partial charge in [-0.25, -0.2) is 0 Å². The van der Waals surface area contributed by atoms with Gasteiger partial charge in [-0.3, -0.25) is 14.7 Å². The third-order valence-corrected chi connectivity index (χ3v) is 7.64. The van der Waals surface area contributed by atoms with E-state index in [1.54, 1.807) is 36.4 Å². The maximum Gasteiger partial charge on any atom is 0.417 e. The van der Waals surface area contributed by atoms with Crippen molar-refractivity contribution in [3.8, 4) is 11.3 Å². The quantitative estimate of drug-likeness (QED) is 0.167. The highest BCUT2D eigenvalue weighted by Crippen LogP contribution is 2.38. The molecule has 0 aliphatic carbocycles. The number of amides is 1. The van der Waals surface area contributed by atoms with Crippen LogP contribution in [0.3, 0.4) is 0 Å². The number of H-pyrrole nitrogens is 1. The highest BCUT2D eigenvalue weighted by atomic mass is 35.5. The second-order valence-electron chi connectivity index (χ2n) is 9.75. The molecule has 1 amide bonds. The maximum atomic E-state index is 14.0. The topological polar surface area (TPSA) is 78.1 Å². The number of hydrogen-bond acceptors (Lipinski definition) is 4. The minimum Gasteiger partial charge on any atom is -0.372 e. The van der Waals surface area contributed by atoms with Crippen molar-refractivity contribution in [2.24, 2.45) is 0 Å². The first kappa shape index (κ1) is 28.7. The molecule has 1 aliphatic rings. The van der Waals surface area contributed by atoms with Gasteiger partial charge in [-0.1, -0.05) is 29.8 Å². The predicted octanol–water partition coefficient (Wildman–Crippen LogP) is 7.96. The van der Waals surface area contributed by atoms with E-state index in [4.69, 9.17) is 23.2 Å². The molecule has 2 N–H and O–H groups in total. The zero-order valence-electron chi connectivity index (χ0n) is 21.7. The van der Waals surface area contributed by atoms with Gasteiger partial charge < -0.3 is 10.2 Å². The lowest BCUT2D eigenvalue weighted by molar-refractivity contribution is -0.137. The maximum absolute atomic E-state index is 14.0. The van der Waals surface area contributed by atoms with E-state index in [1.165, 1.54) is 12.3 Å². The number of carbonyl (C=O) groups is 2. The Kier molecular flexibility index (Phi) is 8.37. The predicted molar refractivity (Wildman–Crippen MR) is 154 cm³/mol. The third kappa shape index (κ3) is 6.26. The molecule has 1 saturated heterocycles. The number of alkyl halides is 4. The van der Waals surface area contributed by atoms with Crippen molar-refractivity contribution < 1.29 is 22.8 Å². The monoisotopic (exact) mass is 600 g/mol. The van der Waals surface area contributed by atoms with Crippen LogP contribution in [0.2, 0.25) is 5.02 Å². The lowest BCUT2D eigenvalue weighted by Crippen LogP contribution is -2.29. The molecule has 0 radical (unpaired) electrons. The number of aromatic nitrogens is 2. The number of piperidine rings is 1. The smallest absolute Gasteiger partial charge is 0.372 e. The number of nitrogens with zero attached hydrogens (tertiary/aromatic N) is 2. The molecular weight excluding hydrogens is 576 g/mol. The number of halogens is 5. The number of rotatable bonds is 7. The summed E-state index contributed by atoms with van der Waals surface area (Å²) in [5.74, 6) is -0.711. The van der Waals surface area contributed by atoms with Gasteiger partial charge in [-0.2, -0.15) is 18.3 Å². The van der Waals surface area contributed by atoms with Crippen LogP contribution in [0.15, 0.2) is 66.9 Å². The van der Waals surface area contributed by atoms with Crippen LogP contribution in [-0.4, -0.2) is 35.0 Å². The van der Waals surface area contributed by atoms with Gasteiger partial charge in [0.2, 0.25) is 0 Å². The Morgan fingerprint density at radius 2 is 1.76 bits per heavy atom. The molecule has 2 heterocycles. The van der Waals surface area contributed by atoms with E-state index in [0.717, 1.165) is 55.7 Å². The van der Waals surface area contributed by atoms with E-state index in [2.05, 4.69) is 20.4 Å². The number of benzene rings is 3. The summed E-state index contributed by atoms with van der Waals surface area (Å²) >= 11 is 11.7. The van der Waals surface area contributed by atoms with Crippen LogP contribution in [0.5, 0.6) is 0 Å². The van der Waals surface area contributed by atoms with E-state index >= 15 is 0 Å². The molecular formula is C30H25Cl2F3N4O2. The second kappa shape index (κ2) is 12.0. The van der Waals surface area contributed by atoms with Gasteiger partial charge in [-0.15, -0.1) is 11.6 Å². The summed E-state index contributed by atoms with van der Waals surface area (Å²) in [4.78, 5) is 29.4.